The molecule has 3 N–H and O–H groups in total. The number of hydrazine groups is 1. The topological polar surface area (TPSA) is 113 Å². The summed E-state index contributed by atoms with van der Waals surface area (Å²) in [4.78, 5) is 21.9. The minimum absolute atomic E-state index is 0.0340. The van der Waals surface area contributed by atoms with Gasteiger partial charge in [-0.05, 0) is 68.4 Å². The highest BCUT2D eigenvalue weighted by molar-refractivity contribution is 6.30. The number of para-hydroxylation sites is 2. The first-order valence-electron chi connectivity index (χ1n) is 13.4. The Balaban J connectivity index is 1.32. The zero-order chi connectivity index (χ0) is 28.9. The zero-order valence-electron chi connectivity index (χ0n) is 22.9. The maximum Gasteiger partial charge on any atom is 0.260 e. The van der Waals surface area contributed by atoms with Crippen molar-refractivity contribution in [1.29, 1.82) is 0 Å². The number of aliphatic imine (C=N–C) groups is 1. The van der Waals surface area contributed by atoms with E-state index >= 15 is 0 Å². The predicted octanol–water partition coefficient (Wildman–Crippen LogP) is 4.81. The molecule has 0 saturated carbocycles. The lowest BCUT2D eigenvalue weighted by atomic mass is 10.1. The number of benzene rings is 3. The minimum Gasteiger partial charge on any atom is -0.492 e. The Morgan fingerprint density at radius 2 is 1.78 bits per heavy atom. The molecule has 0 aromatic heterocycles. The van der Waals surface area contributed by atoms with E-state index in [1.165, 1.54) is 0 Å². The number of halogens is 1. The highest BCUT2D eigenvalue weighted by atomic mass is 35.5. The molecule has 2 heterocycles. The van der Waals surface area contributed by atoms with Crippen molar-refractivity contribution in [3.63, 3.8) is 0 Å². The van der Waals surface area contributed by atoms with Gasteiger partial charge in [0.2, 0.25) is 0 Å². The van der Waals surface area contributed by atoms with Gasteiger partial charge in [-0.25, -0.2) is 10.0 Å². The molecule has 2 aliphatic rings. The number of hydrogen-bond acceptors (Lipinski definition) is 10. The average Bonchev–Trinajstić information content (AvgIpc) is 3.00. The molecule has 0 aliphatic carbocycles. The van der Waals surface area contributed by atoms with E-state index in [1.807, 2.05) is 41.1 Å². The lowest BCUT2D eigenvalue weighted by molar-refractivity contribution is -0.135. The van der Waals surface area contributed by atoms with Gasteiger partial charge in [0.15, 0.2) is 6.61 Å². The molecule has 1 atom stereocenters. The van der Waals surface area contributed by atoms with Crippen molar-refractivity contribution in [3.8, 4) is 11.5 Å². The number of ether oxygens (including phenoxy) is 2. The van der Waals surface area contributed by atoms with Crippen LogP contribution < -0.4 is 25.1 Å². The predicted molar refractivity (Wildman–Crippen MR) is 158 cm³/mol. The summed E-state index contributed by atoms with van der Waals surface area (Å²) >= 11 is 5.92. The maximum absolute atomic E-state index is 12.8. The molecule has 2 aliphatic heterocycles. The van der Waals surface area contributed by atoms with E-state index in [-0.39, 0.29) is 29.5 Å². The normalized spacial score (nSPS) is 15.9. The molecule has 0 radical (unpaired) electrons. The summed E-state index contributed by atoms with van der Waals surface area (Å²) in [6.45, 7) is 6.91. The highest BCUT2D eigenvalue weighted by Gasteiger charge is 2.33. The quantitative estimate of drug-likeness (QED) is 0.307. The van der Waals surface area contributed by atoms with Crippen LogP contribution in [0.2, 0.25) is 5.02 Å². The number of carbonyl (C=O) groups excluding carboxylic acids is 1. The third-order valence-corrected chi connectivity index (χ3v) is 7.33. The SMILES string of the molecule is CCOc1ccccc1N1Nc2cc(N(O)O)ccc2N=C1C(C)N1CCN(C(=O)COc2ccc(Cl)cc2)CC1. The molecule has 11 nitrogen and oxygen atoms in total. The third-order valence-electron chi connectivity index (χ3n) is 7.08. The minimum atomic E-state index is -0.125. The Kier molecular flexibility index (Phi) is 8.79. The smallest absolute Gasteiger partial charge is 0.260 e. The summed E-state index contributed by atoms with van der Waals surface area (Å²) in [6, 6.07) is 19.4. The second kappa shape index (κ2) is 12.6. The van der Waals surface area contributed by atoms with E-state index in [0.717, 1.165) is 11.5 Å². The van der Waals surface area contributed by atoms with Crippen LogP contribution in [0.5, 0.6) is 11.5 Å². The fourth-order valence-electron chi connectivity index (χ4n) is 4.86. The number of hydrogen-bond donors (Lipinski definition) is 3. The molecule has 1 saturated heterocycles. The number of carbonyl (C=O) groups is 1. The number of rotatable bonds is 9. The van der Waals surface area contributed by atoms with Crippen molar-refractivity contribution in [3.05, 3.63) is 71.8 Å². The molecule has 1 amide bonds. The van der Waals surface area contributed by atoms with Crippen molar-refractivity contribution in [2.75, 3.05) is 55.1 Å². The van der Waals surface area contributed by atoms with Gasteiger partial charge in [-0.1, -0.05) is 23.7 Å². The Labute approximate surface area is 243 Å². The van der Waals surface area contributed by atoms with Crippen molar-refractivity contribution >= 4 is 46.1 Å². The fraction of sp³-hybridized carbons (Fsp3) is 0.310. The van der Waals surface area contributed by atoms with Crippen LogP contribution >= 0.6 is 11.6 Å². The fourth-order valence-corrected chi connectivity index (χ4v) is 4.99. The van der Waals surface area contributed by atoms with E-state index in [2.05, 4.69) is 17.2 Å². The van der Waals surface area contributed by atoms with Crippen LogP contribution in [0, 0.1) is 0 Å². The van der Waals surface area contributed by atoms with Gasteiger partial charge in [-0.2, -0.15) is 0 Å². The van der Waals surface area contributed by atoms with Crippen LogP contribution in [0.4, 0.5) is 22.7 Å². The van der Waals surface area contributed by atoms with Crippen LogP contribution in [-0.4, -0.2) is 77.4 Å². The molecule has 0 bridgehead atoms. The first kappa shape index (κ1) is 28.5. The number of amides is 1. The number of anilines is 3. The number of nitrogens with zero attached hydrogens (tertiary/aromatic N) is 5. The molecule has 1 unspecified atom stereocenters. The number of piperazine rings is 1. The summed E-state index contributed by atoms with van der Waals surface area (Å²) in [5, 5.41) is 21.6. The molecule has 216 valence electrons. The van der Waals surface area contributed by atoms with Gasteiger partial charge in [0.25, 0.3) is 5.91 Å². The van der Waals surface area contributed by atoms with Crippen LogP contribution in [0.1, 0.15) is 13.8 Å². The van der Waals surface area contributed by atoms with Crippen LogP contribution in [-0.2, 0) is 4.79 Å². The Hall–Kier alpha value is -4.03. The first-order valence-corrected chi connectivity index (χ1v) is 13.8. The van der Waals surface area contributed by atoms with Crippen molar-refractivity contribution in [2.24, 2.45) is 4.99 Å². The molecule has 5 rings (SSSR count). The van der Waals surface area contributed by atoms with Gasteiger partial charge < -0.3 is 14.4 Å². The first-order chi connectivity index (χ1) is 19.8. The summed E-state index contributed by atoms with van der Waals surface area (Å²) < 4.78 is 11.6. The Bertz CT molecular complexity index is 1390. The lowest BCUT2D eigenvalue weighted by Gasteiger charge is -2.42. The van der Waals surface area contributed by atoms with Crippen molar-refractivity contribution in [2.45, 2.75) is 19.9 Å². The summed E-state index contributed by atoms with van der Waals surface area (Å²) in [7, 11) is 0. The van der Waals surface area contributed by atoms with Crippen LogP contribution in [0.25, 0.3) is 0 Å². The third kappa shape index (κ3) is 6.49. The van der Waals surface area contributed by atoms with Crippen molar-refractivity contribution < 1.29 is 24.7 Å². The molecule has 12 heteroatoms. The van der Waals surface area contributed by atoms with Crippen molar-refractivity contribution in [1.82, 2.24) is 9.80 Å². The van der Waals surface area contributed by atoms with E-state index in [9.17, 15) is 15.2 Å². The van der Waals surface area contributed by atoms with Crippen LogP contribution in [0.3, 0.4) is 0 Å². The maximum atomic E-state index is 12.8. The van der Waals surface area contributed by atoms with Gasteiger partial charge in [0.05, 0.1) is 29.7 Å². The molecular weight excluding hydrogens is 548 g/mol. The summed E-state index contributed by atoms with van der Waals surface area (Å²) in [5.74, 6) is 1.96. The lowest BCUT2D eigenvalue weighted by Crippen LogP contribution is -2.57. The average molecular weight is 581 g/mol. The van der Waals surface area contributed by atoms with Gasteiger partial charge in [0.1, 0.15) is 23.0 Å². The van der Waals surface area contributed by atoms with E-state index in [1.54, 1.807) is 42.5 Å². The highest BCUT2D eigenvalue weighted by Crippen LogP contribution is 2.38. The molecule has 3 aromatic rings. The summed E-state index contributed by atoms with van der Waals surface area (Å²) in [5.41, 5.74) is 5.63. The molecule has 0 spiro atoms. The standard InChI is InChI=1S/C29H33ClN6O5/c1-3-40-27-7-5-4-6-26(27)35-29(31-24-13-10-22(36(38)39)18-25(24)32-35)20(2)33-14-16-34(17-15-33)28(37)19-41-23-11-8-21(30)9-12-23/h4-13,18,20,32,38-39H,3,14-17,19H2,1-2H3. The molecule has 41 heavy (non-hydrogen) atoms. The molecule has 1 fully saturated rings. The number of fused-ring (bicyclic) bond motifs is 1. The van der Waals surface area contributed by atoms with Gasteiger partial charge >= 0.3 is 0 Å². The van der Waals surface area contributed by atoms with Gasteiger partial charge in [0, 0.05) is 31.2 Å². The van der Waals surface area contributed by atoms with E-state index < -0.39 is 0 Å². The van der Waals surface area contributed by atoms with Crippen LogP contribution in [0.15, 0.2) is 71.7 Å². The van der Waals surface area contributed by atoms with E-state index in [4.69, 9.17) is 26.1 Å². The largest absolute Gasteiger partial charge is 0.492 e. The second-order valence-electron chi connectivity index (χ2n) is 9.64. The number of nitrogens with one attached hydrogen (secondary N) is 1. The van der Waals surface area contributed by atoms with E-state index in [0.29, 0.717) is 60.7 Å². The molecular formula is C29H33ClN6O5. The Morgan fingerprint density at radius 3 is 2.49 bits per heavy atom. The molecule has 3 aromatic carbocycles. The Morgan fingerprint density at radius 1 is 1.05 bits per heavy atom. The second-order valence-corrected chi connectivity index (χ2v) is 10.1. The monoisotopic (exact) mass is 580 g/mol. The zero-order valence-corrected chi connectivity index (χ0v) is 23.7. The number of amidine groups is 1. The summed E-state index contributed by atoms with van der Waals surface area (Å²) in [6.07, 6.45) is 0. The van der Waals surface area contributed by atoms with Gasteiger partial charge in [-0.3, -0.25) is 25.5 Å². The van der Waals surface area contributed by atoms with Gasteiger partial charge in [-0.15, -0.1) is 5.23 Å².